The summed E-state index contributed by atoms with van der Waals surface area (Å²) in [4.78, 5) is 5.64. The third-order valence-electron chi connectivity index (χ3n) is 0.668. The predicted molar refractivity (Wildman–Crippen MR) is 38.3 cm³/mol. The van der Waals surface area contributed by atoms with Gasteiger partial charge >= 0.3 is 0 Å². The molecule has 0 aliphatic heterocycles. The van der Waals surface area contributed by atoms with E-state index in [1.165, 1.54) is 7.11 Å². The van der Waals surface area contributed by atoms with E-state index in [2.05, 4.69) is 16.3 Å². The molecule has 0 spiro atoms. The molecule has 9 heavy (non-hydrogen) atoms. The second kappa shape index (κ2) is 3.95. The SMILES string of the molecule is C=C(/N=C\N(C)C)OC. The average Bonchev–Trinajstić information content (AvgIpc) is 1.83. The molecule has 0 atom stereocenters. The number of ether oxygens (including phenoxy) is 1. The fraction of sp³-hybridized carbons (Fsp3) is 0.500. The van der Waals surface area contributed by atoms with Gasteiger partial charge in [-0.2, -0.15) is 0 Å². The van der Waals surface area contributed by atoms with Crippen molar-refractivity contribution in [1.82, 2.24) is 4.90 Å². The van der Waals surface area contributed by atoms with Crippen molar-refractivity contribution in [3.05, 3.63) is 12.5 Å². The van der Waals surface area contributed by atoms with Crippen molar-refractivity contribution >= 4 is 6.34 Å². The highest BCUT2D eigenvalue weighted by Crippen LogP contribution is 1.88. The Morgan fingerprint density at radius 3 is 2.56 bits per heavy atom. The van der Waals surface area contributed by atoms with Crippen molar-refractivity contribution in [2.75, 3.05) is 21.2 Å². The highest BCUT2D eigenvalue weighted by atomic mass is 16.5. The molecule has 0 unspecified atom stereocenters. The van der Waals surface area contributed by atoms with Gasteiger partial charge in [0.05, 0.1) is 13.4 Å². The molecule has 0 radical (unpaired) electrons. The monoisotopic (exact) mass is 128 g/mol. The largest absolute Gasteiger partial charge is 0.481 e. The summed E-state index contributed by atoms with van der Waals surface area (Å²) in [7, 11) is 5.30. The Labute approximate surface area is 55.6 Å². The lowest BCUT2D eigenvalue weighted by Gasteiger charge is -2.02. The first-order valence-electron chi connectivity index (χ1n) is 2.60. The molecule has 0 fully saturated rings. The van der Waals surface area contributed by atoms with Gasteiger partial charge in [-0.05, 0) is 6.58 Å². The third-order valence-corrected chi connectivity index (χ3v) is 0.668. The zero-order valence-corrected chi connectivity index (χ0v) is 6.09. The Kier molecular flexibility index (Phi) is 3.51. The molecule has 0 aromatic heterocycles. The van der Waals surface area contributed by atoms with Gasteiger partial charge in [0.15, 0.2) is 0 Å². The zero-order valence-electron chi connectivity index (χ0n) is 6.09. The van der Waals surface area contributed by atoms with Crippen LogP contribution in [0.1, 0.15) is 0 Å². The first-order chi connectivity index (χ1) is 4.16. The molecule has 3 heteroatoms. The van der Waals surface area contributed by atoms with E-state index in [-0.39, 0.29) is 0 Å². The molecular formula is C6H12N2O. The van der Waals surface area contributed by atoms with E-state index in [1.54, 1.807) is 6.34 Å². The van der Waals surface area contributed by atoms with Gasteiger partial charge in [0.2, 0.25) is 5.88 Å². The Balaban J connectivity index is 3.57. The van der Waals surface area contributed by atoms with E-state index in [1.807, 2.05) is 19.0 Å². The summed E-state index contributed by atoms with van der Waals surface area (Å²) >= 11 is 0. The normalized spacial score (nSPS) is 9.67. The van der Waals surface area contributed by atoms with Crippen LogP contribution in [0.5, 0.6) is 0 Å². The molecular weight excluding hydrogens is 116 g/mol. The number of aliphatic imine (C=N–C) groups is 1. The minimum Gasteiger partial charge on any atom is -0.481 e. The van der Waals surface area contributed by atoms with Crippen LogP contribution in [-0.2, 0) is 4.74 Å². The summed E-state index contributed by atoms with van der Waals surface area (Å²) in [5.74, 6) is 0.420. The van der Waals surface area contributed by atoms with Gasteiger partial charge < -0.3 is 9.64 Å². The summed E-state index contributed by atoms with van der Waals surface area (Å²) in [6, 6.07) is 0. The van der Waals surface area contributed by atoms with Crippen molar-refractivity contribution in [2.45, 2.75) is 0 Å². The summed E-state index contributed by atoms with van der Waals surface area (Å²) in [6.07, 6.45) is 1.63. The van der Waals surface area contributed by atoms with E-state index in [0.717, 1.165) is 0 Å². The topological polar surface area (TPSA) is 24.8 Å². The van der Waals surface area contributed by atoms with Crippen LogP contribution in [-0.4, -0.2) is 32.4 Å². The van der Waals surface area contributed by atoms with E-state index in [0.29, 0.717) is 5.88 Å². The van der Waals surface area contributed by atoms with Crippen molar-refractivity contribution in [3.8, 4) is 0 Å². The van der Waals surface area contributed by atoms with Crippen LogP contribution in [0.25, 0.3) is 0 Å². The predicted octanol–water partition coefficient (Wildman–Crippen LogP) is 0.694. The molecule has 0 saturated carbocycles. The molecule has 0 amide bonds. The van der Waals surface area contributed by atoms with E-state index >= 15 is 0 Å². The van der Waals surface area contributed by atoms with Gasteiger partial charge in [-0.15, -0.1) is 0 Å². The second-order valence-corrected chi connectivity index (χ2v) is 1.81. The average molecular weight is 128 g/mol. The lowest BCUT2D eigenvalue weighted by molar-refractivity contribution is 0.290. The van der Waals surface area contributed by atoms with Gasteiger partial charge in [0, 0.05) is 14.1 Å². The molecule has 0 saturated heterocycles. The molecule has 0 aromatic carbocycles. The van der Waals surface area contributed by atoms with Crippen molar-refractivity contribution < 1.29 is 4.74 Å². The fourth-order valence-electron chi connectivity index (χ4n) is 0.233. The standard InChI is InChI=1S/C6H12N2O/c1-6(9-4)7-5-8(2)3/h5H,1H2,2-4H3/b7-5-. The van der Waals surface area contributed by atoms with E-state index in [9.17, 15) is 0 Å². The van der Waals surface area contributed by atoms with Crippen LogP contribution in [0.4, 0.5) is 0 Å². The Bertz CT molecular complexity index is 118. The van der Waals surface area contributed by atoms with Crippen LogP contribution < -0.4 is 0 Å². The van der Waals surface area contributed by atoms with Gasteiger partial charge in [-0.3, -0.25) is 0 Å². The smallest absolute Gasteiger partial charge is 0.206 e. The van der Waals surface area contributed by atoms with Crippen molar-refractivity contribution in [1.29, 1.82) is 0 Å². The number of nitrogens with zero attached hydrogens (tertiary/aromatic N) is 2. The highest BCUT2D eigenvalue weighted by Gasteiger charge is 1.81. The Morgan fingerprint density at radius 2 is 2.22 bits per heavy atom. The fourth-order valence-corrected chi connectivity index (χ4v) is 0.233. The summed E-state index contributed by atoms with van der Waals surface area (Å²) < 4.78 is 4.68. The maximum Gasteiger partial charge on any atom is 0.206 e. The number of methoxy groups -OCH3 is 1. The maximum atomic E-state index is 4.68. The molecule has 0 aliphatic carbocycles. The third kappa shape index (κ3) is 4.87. The molecule has 0 rings (SSSR count). The molecule has 3 nitrogen and oxygen atoms in total. The van der Waals surface area contributed by atoms with E-state index < -0.39 is 0 Å². The molecule has 52 valence electrons. The summed E-state index contributed by atoms with van der Waals surface area (Å²) in [6.45, 7) is 3.50. The van der Waals surface area contributed by atoms with Gasteiger partial charge in [-0.1, -0.05) is 0 Å². The van der Waals surface area contributed by atoms with Crippen LogP contribution in [0.15, 0.2) is 17.5 Å². The second-order valence-electron chi connectivity index (χ2n) is 1.81. The van der Waals surface area contributed by atoms with Crippen molar-refractivity contribution in [2.24, 2.45) is 4.99 Å². The Hall–Kier alpha value is -0.990. The first kappa shape index (κ1) is 8.01. The Morgan fingerprint density at radius 1 is 1.67 bits per heavy atom. The van der Waals surface area contributed by atoms with Gasteiger partial charge in [-0.25, -0.2) is 4.99 Å². The zero-order chi connectivity index (χ0) is 7.28. The lowest BCUT2D eigenvalue weighted by Crippen LogP contribution is -2.07. The quantitative estimate of drug-likeness (QED) is 0.317. The van der Waals surface area contributed by atoms with Crippen LogP contribution >= 0.6 is 0 Å². The van der Waals surface area contributed by atoms with Crippen LogP contribution in [0.2, 0.25) is 0 Å². The van der Waals surface area contributed by atoms with Crippen LogP contribution in [0.3, 0.4) is 0 Å². The van der Waals surface area contributed by atoms with Crippen LogP contribution in [0, 0.1) is 0 Å². The van der Waals surface area contributed by atoms with Gasteiger partial charge in [0.25, 0.3) is 0 Å². The molecule has 0 aromatic rings. The number of hydrogen-bond acceptors (Lipinski definition) is 2. The number of rotatable bonds is 3. The first-order valence-corrected chi connectivity index (χ1v) is 2.60. The highest BCUT2D eigenvalue weighted by molar-refractivity contribution is 5.55. The minimum atomic E-state index is 0.420. The summed E-state index contributed by atoms with van der Waals surface area (Å²) in [5, 5.41) is 0. The van der Waals surface area contributed by atoms with Gasteiger partial charge in [0.1, 0.15) is 0 Å². The molecule has 0 N–H and O–H groups in total. The van der Waals surface area contributed by atoms with E-state index in [4.69, 9.17) is 0 Å². The maximum absolute atomic E-state index is 4.68. The molecule has 0 heterocycles. The molecule has 0 bridgehead atoms. The number of hydrogen-bond donors (Lipinski definition) is 0. The lowest BCUT2D eigenvalue weighted by atomic mass is 10.9. The molecule has 0 aliphatic rings. The van der Waals surface area contributed by atoms with Crippen molar-refractivity contribution in [3.63, 3.8) is 0 Å². The minimum absolute atomic E-state index is 0.420. The summed E-state index contributed by atoms with van der Waals surface area (Å²) in [5.41, 5.74) is 0.